The second-order valence-corrected chi connectivity index (χ2v) is 4.23. The molecule has 0 spiro atoms. The largest absolute Gasteiger partial charge is 0.573 e. The van der Waals surface area contributed by atoms with Crippen molar-refractivity contribution in [3.05, 3.63) is 59.4 Å². The lowest BCUT2D eigenvalue weighted by Crippen LogP contribution is -2.17. The van der Waals surface area contributed by atoms with Crippen LogP contribution in [0.3, 0.4) is 0 Å². The van der Waals surface area contributed by atoms with Gasteiger partial charge >= 0.3 is 6.36 Å². The topological polar surface area (TPSA) is 42.4 Å². The maximum Gasteiger partial charge on any atom is 0.573 e. The maximum absolute atomic E-state index is 12.2. The monoisotopic (exact) mass is 283 g/mol. The molecule has 0 fully saturated rings. The van der Waals surface area contributed by atoms with Crippen LogP contribution in [-0.4, -0.2) is 16.5 Å². The molecule has 6 heteroatoms. The summed E-state index contributed by atoms with van der Waals surface area (Å²) in [6.45, 7) is 1.76. The van der Waals surface area contributed by atoms with Crippen LogP contribution in [0.2, 0.25) is 0 Å². The van der Waals surface area contributed by atoms with Crippen molar-refractivity contribution in [3.8, 4) is 5.75 Å². The highest BCUT2D eigenvalue weighted by Gasteiger charge is 2.31. The van der Waals surface area contributed by atoms with Gasteiger partial charge in [-0.1, -0.05) is 18.2 Å². The van der Waals surface area contributed by atoms with Crippen LogP contribution in [0.1, 0.15) is 23.1 Å². The second-order valence-electron chi connectivity index (χ2n) is 4.23. The van der Waals surface area contributed by atoms with Gasteiger partial charge in [0.25, 0.3) is 0 Å². The van der Waals surface area contributed by atoms with Crippen molar-refractivity contribution in [2.45, 2.75) is 19.4 Å². The lowest BCUT2D eigenvalue weighted by Gasteiger charge is -2.13. The zero-order valence-corrected chi connectivity index (χ0v) is 10.6. The van der Waals surface area contributed by atoms with Crippen LogP contribution in [-0.2, 0) is 0 Å². The Morgan fingerprint density at radius 3 is 2.50 bits per heavy atom. The van der Waals surface area contributed by atoms with E-state index in [9.17, 15) is 18.3 Å². The molecule has 0 saturated carbocycles. The third kappa shape index (κ3) is 3.71. The summed E-state index contributed by atoms with van der Waals surface area (Å²) in [4.78, 5) is 4.14. The molecule has 20 heavy (non-hydrogen) atoms. The number of hydrogen-bond donors (Lipinski definition) is 1. The van der Waals surface area contributed by atoms with Crippen LogP contribution >= 0.6 is 0 Å². The number of rotatable bonds is 3. The molecule has 2 rings (SSSR count). The molecular formula is C14H12F3NO2. The Hall–Kier alpha value is -2.08. The molecule has 1 heterocycles. The molecule has 0 bridgehead atoms. The lowest BCUT2D eigenvalue weighted by atomic mass is 10.1. The highest BCUT2D eigenvalue weighted by Crippen LogP contribution is 2.27. The molecule has 1 N–H and O–H groups in total. The SMILES string of the molecule is Cc1cccc(C(O)c2cccc(OC(F)(F)F)c2)n1. The third-order valence-corrected chi connectivity index (χ3v) is 2.60. The molecule has 106 valence electrons. The van der Waals surface area contributed by atoms with Crippen LogP contribution in [0, 0.1) is 6.92 Å². The standard InChI is InChI=1S/C14H12F3NO2/c1-9-4-2-7-12(18-9)13(19)10-5-3-6-11(8-10)20-14(15,16)17/h2-8,13,19H,1H3. The molecule has 0 saturated heterocycles. The quantitative estimate of drug-likeness (QED) is 0.939. The van der Waals surface area contributed by atoms with Crippen LogP contribution in [0.25, 0.3) is 0 Å². The van der Waals surface area contributed by atoms with Crippen LogP contribution in [0.5, 0.6) is 5.75 Å². The average molecular weight is 283 g/mol. The van der Waals surface area contributed by atoms with E-state index < -0.39 is 12.5 Å². The Bertz CT molecular complexity index is 599. The smallest absolute Gasteiger partial charge is 0.406 e. The predicted molar refractivity (Wildman–Crippen MR) is 66.2 cm³/mol. The molecule has 1 atom stereocenters. The first kappa shape index (κ1) is 14.3. The van der Waals surface area contributed by atoms with E-state index in [2.05, 4.69) is 9.72 Å². The second kappa shape index (κ2) is 5.50. The van der Waals surface area contributed by atoms with Gasteiger partial charge in [0.1, 0.15) is 11.9 Å². The van der Waals surface area contributed by atoms with Crippen molar-refractivity contribution in [2.24, 2.45) is 0 Å². The van der Waals surface area contributed by atoms with E-state index in [1.165, 1.54) is 18.2 Å². The average Bonchev–Trinajstić information content (AvgIpc) is 2.36. The number of halogens is 3. The lowest BCUT2D eigenvalue weighted by molar-refractivity contribution is -0.274. The van der Waals surface area contributed by atoms with Gasteiger partial charge in [-0.3, -0.25) is 4.98 Å². The van der Waals surface area contributed by atoms with Gasteiger partial charge in [0.15, 0.2) is 0 Å². The molecule has 1 aromatic heterocycles. The molecule has 1 unspecified atom stereocenters. The predicted octanol–water partition coefficient (Wildman–Crippen LogP) is 3.37. The number of nitrogens with zero attached hydrogens (tertiary/aromatic N) is 1. The number of pyridine rings is 1. The highest BCUT2D eigenvalue weighted by molar-refractivity contribution is 5.33. The minimum absolute atomic E-state index is 0.282. The van der Waals surface area contributed by atoms with Gasteiger partial charge in [-0.25, -0.2) is 0 Å². The van der Waals surface area contributed by atoms with Gasteiger partial charge in [-0.2, -0.15) is 0 Å². The molecule has 0 amide bonds. The number of aromatic nitrogens is 1. The normalized spacial score (nSPS) is 13.1. The number of hydrogen-bond acceptors (Lipinski definition) is 3. The van der Waals surface area contributed by atoms with E-state index in [0.29, 0.717) is 11.4 Å². The van der Waals surface area contributed by atoms with Crippen molar-refractivity contribution >= 4 is 0 Å². The molecule has 2 aromatic rings. The number of aliphatic hydroxyl groups is 1. The third-order valence-electron chi connectivity index (χ3n) is 2.60. The van der Waals surface area contributed by atoms with Crippen LogP contribution < -0.4 is 4.74 Å². The number of aliphatic hydroxyl groups excluding tert-OH is 1. The van der Waals surface area contributed by atoms with Crippen molar-refractivity contribution in [3.63, 3.8) is 0 Å². The van der Waals surface area contributed by atoms with Crippen molar-refractivity contribution in [1.29, 1.82) is 0 Å². The fourth-order valence-electron chi connectivity index (χ4n) is 1.77. The number of benzene rings is 1. The summed E-state index contributed by atoms with van der Waals surface area (Å²) in [6, 6.07) is 10.3. The minimum atomic E-state index is -4.76. The van der Waals surface area contributed by atoms with E-state index in [0.717, 1.165) is 6.07 Å². The first-order valence-electron chi connectivity index (χ1n) is 5.82. The Balaban J connectivity index is 2.26. The van der Waals surface area contributed by atoms with Gasteiger partial charge in [0.05, 0.1) is 5.69 Å². The first-order chi connectivity index (χ1) is 9.35. The van der Waals surface area contributed by atoms with Gasteiger partial charge < -0.3 is 9.84 Å². The number of ether oxygens (including phenoxy) is 1. The molecule has 0 aliphatic rings. The highest BCUT2D eigenvalue weighted by atomic mass is 19.4. The van der Waals surface area contributed by atoms with Crippen molar-refractivity contribution in [1.82, 2.24) is 4.98 Å². The number of alkyl halides is 3. The summed E-state index contributed by atoms with van der Waals surface area (Å²) < 4.78 is 40.3. The molecule has 0 aliphatic carbocycles. The zero-order valence-electron chi connectivity index (χ0n) is 10.6. The Morgan fingerprint density at radius 2 is 1.85 bits per heavy atom. The van der Waals surface area contributed by atoms with Crippen LogP contribution in [0.15, 0.2) is 42.5 Å². The fraction of sp³-hybridized carbons (Fsp3) is 0.214. The fourth-order valence-corrected chi connectivity index (χ4v) is 1.77. The van der Waals surface area contributed by atoms with Gasteiger partial charge in [-0.05, 0) is 36.8 Å². The van der Waals surface area contributed by atoms with E-state index >= 15 is 0 Å². The van der Waals surface area contributed by atoms with Gasteiger partial charge in [0.2, 0.25) is 0 Å². The molecule has 0 aliphatic heterocycles. The summed E-state index contributed by atoms with van der Waals surface area (Å²) in [6.07, 6.45) is -5.86. The summed E-state index contributed by atoms with van der Waals surface area (Å²) in [5, 5.41) is 10.1. The Kier molecular flexibility index (Phi) is 3.94. The summed E-state index contributed by atoms with van der Waals surface area (Å²) in [5.74, 6) is -0.373. The number of aryl methyl sites for hydroxylation is 1. The van der Waals surface area contributed by atoms with E-state index in [4.69, 9.17) is 0 Å². The van der Waals surface area contributed by atoms with Crippen molar-refractivity contribution in [2.75, 3.05) is 0 Å². The van der Waals surface area contributed by atoms with E-state index in [-0.39, 0.29) is 11.3 Å². The van der Waals surface area contributed by atoms with Crippen LogP contribution in [0.4, 0.5) is 13.2 Å². The summed E-state index contributed by atoms with van der Waals surface area (Å²) >= 11 is 0. The van der Waals surface area contributed by atoms with Gasteiger partial charge in [0, 0.05) is 5.69 Å². The summed E-state index contributed by atoms with van der Waals surface area (Å²) in [5.41, 5.74) is 1.36. The molecule has 3 nitrogen and oxygen atoms in total. The first-order valence-corrected chi connectivity index (χ1v) is 5.82. The molecule has 0 radical (unpaired) electrons. The van der Waals surface area contributed by atoms with E-state index in [1.807, 2.05) is 0 Å². The molecule has 1 aromatic carbocycles. The Morgan fingerprint density at radius 1 is 1.15 bits per heavy atom. The van der Waals surface area contributed by atoms with Crippen molar-refractivity contribution < 1.29 is 23.0 Å². The minimum Gasteiger partial charge on any atom is -0.406 e. The summed E-state index contributed by atoms with van der Waals surface area (Å²) in [7, 11) is 0. The zero-order chi connectivity index (χ0) is 14.8. The maximum atomic E-state index is 12.2. The van der Waals surface area contributed by atoms with E-state index in [1.54, 1.807) is 25.1 Å². The molecular weight excluding hydrogens is 271 g/mol. The Labute approximate surface area is 113 Å². The van der Waals surface area contributed by atoms with Gasteiger partial charge in [-0.15, -0.1) is 13.2 Å².